The Kier molecular flexibility index (Phi) is 7.28. The average Bonchev–Trinajstić information content (AvgIpc) is 2.39. The third kappa shape index (κ3) is 5.36. The Bertz CT molecular complexity index is 237. The second-order valence-corrected chi connectivity index (χ2v) is 5.35. The van der Waals surface area contributed by atoms with E-state index in [1.54, 1.807) is 0 Å². The fourth-order valence-electron chi connectivity index (χ4n) is 2.48. The van der Waals surface area contributed by atoms with Gasteiger partial charge in [-0.05, 0) is 45.1 Å². The third-order valence-corrected chi connectivity index (χ3v) is 3.84. The molecule has 0 radical (unpaired) electrons. The molecule has 4 nitrogen and oxygen atoms in total. The highest BCUT2D eigenvalue weighted by Gasteiger charge is 2.24. The van der Waals surface area contributed by atoms with Crippen molar-refractivity contribution >= 4 is 5.97 Å². The molecule has 0 unspecified atom stereocenters. The van der Waals surface area contributed by atoms with E-state index in [0.29, 0.717) is 31.7 Å². The standard InChI is InChI=1S/C14H27NO3/c1-3-4-9-18-14(17)10-15(2)13-7-5-12(11-16)6-8-13/h12-13,16H,3-11H2,1-2H3. The number of aliphatic hydroxyl groups excluding tert-OH is 1. The minimum absolute atomic E-state index is 0.116. The highest BCUT2D eigenvalue weighted by Crippen LogP contribution is 2.26. The number of esters is 1. The molecule has 1 aliphatic carbocycles. The molecular weight excluding hydrogens is 230 g/mol. The molecule has 106 valence electrons. The lowest BCUT2D eigenvalue weighted by molar-refractivity contribution is -0.145. The molecular formula is C14H27NO3. The number of hydrogen-bond donors (Lipinski definition) is 1. The zero-order chi connectivity index (χ0) is 13.4. The maximum Gasteiger partial charge on any atom is 0.320 e. The highest BCUT2D eigenvalue weighted by atomic mass is 16.5. The summed E-state index contributed by atoms with van der Waals surface area (Å²) in [7, 11) is 1.99. The first kappa shape index (κ1) is 15.4. The Morgan fingerprint density at radius 2 is 2.00 bits per heavy atom. The van der Waals surface area contributed by atoms with E-state index in [2.05, 4.69) is 11.8 Å². The quantitative estimate of drug-likeness (QED) is 0.558. The summed E-state index contributed by atoms with van der Waals surface area (Å²) >= 11 is 0. The van der Waals surface area contributed by atoms with Gasteiger partial charge in [0.1, 0.15) is 0 Å². The van der Waals surface area contributed by atoms with Crippen molar-refractivity contribution in [1.29, 1.82) is 0 Å². The Hall–Kier alpha value is -0.610. The van der Waals surface area contributed by atoms with E-state index in [4.69, 9.17) is 9.84 Å². The van der Waals surface area contributed by atoms with Gasteiger partial charge in [-0.15, -0.1) is 0 Å². The molecule has 1 aliphatic rings. The van der Waals surface area contributed by atoms with Crippen LogP contribution >= 0.6 is 0 Å². The fourth-order valence-corrected chi connectivity index (χ4v) is 2.48. The molecule has 0 aromatic carbocycles. The molecule has 0 saturated heterocycles. The second-order valence-electron chi connectivity index (χ2n) is 5.35. The summed E-state index contributed by atoms with van der Waals surface area (Å²) in [5, 5.41) is 9.09. The number of nitrogens with zero attached hydrogens (tertiary/aromatic N) is 1. The number of likely N-dealkylation sites (N-methyl/N-ethyl adjacent to an activating group) is 1. The van der Waals surface area contributed by atoms with Gasteiger partial charge < -0.3 is 9.84 Å². The van der Waals surface area contributed by atoms with Gasteiger partial charge in [0.05, 0.1) is 13.2 Å². The lowest BCUT2D eigenvalue weighted by Gasteiger charge is -2.33. The molecule has 0 aromatic heterocycles. The van der Waals surface area contributed by atoms with Crippen LogP contribution in [0.2, 0.25) is 0 Å². The van der Waals surface area contributed by atoms with Gasteiger partial charge in [-0.25, -0.2) is 0 Å². The van der Waals surface area contributed by atoms with Gasteiger partial charge in [0.15, 0.2) is 0 Å². The summed E-state index contributed by atoms with van der Waals surface area (Å²) in [5.41, 5.74) is 0. The number of hydrogen-bond acceptors (Lipinski definition) is 4. The van der Waals surface area contributed by atoms with E-state index in [1.807, 2.05) is 7.05 Å². The summed E-state index contributed by atoms with van der Waals surface area (Å²) in [6.45, 7) is 3.31. The lowest BCUT2D eigenvalue weighted by atomic mass is 9.86. The average molecular weight is 257 g/mol. The summed E-state index contributed by atoms with van der Waals surface area (Å²) in [4.78, 5) is 13.7. The number of ether oxygens (including phenoxy) is 1. The monoisotopic (exact) mass is 257 g/mol. The van der Waals surface area contributed by atoms with Crippen molar-refractivity contribution in [2.24, 2.45) is 5.92 Å². The third-order valence-electron chi connectivity index (χ3n) is 3.84. The number of rotatable bonds is 7. The molecule has 0 heterocycles. The van der Waals surface area contributed by atoms with Gasteiger partial charge in [-0.3, -0.25) is 9.69 Å². The first-order chi connectivity index (χ1) is 8.67. The summed E-state index contributed by atoms with van der Waals surface area (Å²) in [6.07, 6.45) is 6.27. The maximum absolute atomic E-state index is 11.6. The summed E-state index contributed by atoms with van der Waals surface area (Å²) in [6, 6.07) is 0.464. The van der Waals surface area contributed by atoms with E-state index >= 15 is 0 Å². The van der Waals surface area contributed by atoms with Crippen LogP contribution in [0.4, 0.5) is 0 Å². The molecule has 0 atom stereocenters. The second kappa shape index (κ2) is 8.48. The van der Waals surface area contributed by atoms with Crippen molar-refractivity contribution < 1.29 is 14.6 Å². The Balaban J connectivity index is 2.20. The topological polar surface area (TPSA) is 49.8 Å². The van der Waals surface area contributed by atoms with Crippen LogP contribution < -0.4 is 0 Å². The SMILES string of the molecule is CCCCOC(=O)CN(C)C1CCC(CO)CC1. The molecule has 1 saturated carbocycles. The van der Waals surface area contributed by atoms with E-state index in [0.717, 1.165) is 38.5 Å². The van der Waals surface area contributed by atoms with Crippen LogP contribution in [-0.4, -0.2) is 48.8 Å². The summed E-state index contributed by atoms with van der Waals surface area (Å²) in [5.74, 6) is 0.349. The predicted molar refractivity (Wildman–Crippen MR) is 71.3 cm³/mol. The Morgan fingerprint density at radius 3 is 2.56 bits per heavy atom. The predicted octanol–water partition coefficient (Wildman–Crippen LogP) is 1.81. The van der Waals surface area contributed by atoms with Crippen molar-refractivity contribution in [2.45, 2.75) is 51.5 Å². The Labute approximate surface area is 110 Å². The van der Waals surface area contributed by atoms with E-state index in [1.165, 1.54) is 0 Å². The van der Waals surface area contributed by atoms with Gasteiger partial charge >= 0.3 is 5.97 Å². The molecule has 0 aliphatic heterocycles. The van der Waals surface area contributed by atoms with Crippen LogP contribution in [0.5, 0.6) is 0 Å². The van der Waals surface area contributed by atoms with Crippen LogP contribution in [0.25, 0.3) is 0 Å². The molecule has 18 heavy (non-hydrogen) atoms. The van der Waals surface area contributed by atoms with Gasteiger partial charge in [0.2, 0.25) is 0 Å². The zero-order valence-electron chi connectivity index (χ0n) is 11.7. The minimum Gasteiger partial charge on any atom is -0.465 e. The lowest BCUT2D eigenvalue weighted by Crippen LogP contribution is -2.39. The molecule has 4 heteroatoms. The van der Waals surface area contributed by atoms with Crippen LogP contribution in [0.1, 0.15) is 45.4 Å². The van der Waals surface area contributed by atoms with Crippen molar-refractivity contribution in [2.75, 3.05) is 26.8 Å². The molecule has 1 rings (SSSR count). The smallest absolute Gasteiger partial charge is 0.320 e. The number of carbonyl (C=O) groups is 1. The molecule has 1 fully saturated rings. The van der Waals surface area contributed by atoms with Gasteiger partial charge in [-0.1, -0.05) is 13.3 Å². The fraction of sp³-hybridized carbons (Fsp3) is 0.929. The first-order valence-corrected chi connectivity index (χ1v) is 7.14. The number of carbonyl (C=O) groups excluding carboxylic acids is 1. The number of aliphatic hydroxyl groups is 1. The largest absolute Gasteiger partial charge is 0.465 e. The zero-order valence-corrected chi connectivity index (χ0v) is 11.7. The van der Waals surface area contributed by atoms with Crippen LogP contribution in [0.3, 0.4) is 0 Å². The molecule has 1 N–H and O–H groups in total. The number of unbranched alkanes of at least 4 members (excludes halogenated alkanes) is 1. The van der Waals surface area contributed by atoms with Crippen molar-refractivity contribution in [3.8, 4) is 0 Å². The van der Waals surface area contributed by atoms with E-state index < -0.39 is 0 Å². The van der Waals surface area contributed by atoms with Crippen molar-refractivity contribution in [3.63, 3.8) is 0 Å². The molecule has 0 bridgehead atoms. The molecule has 0 spiro atoms. The van der Waals surface area contributed by atoms with E-state index in [9.17, 15) is 4.79 Å². The first-order valence-electron chi connectivity index (χ1n) is 7.14. The normalized spacial score (nSPS) is 24.2. The van der Waals surface area contributed by atoms with Gasteiger partial charge in [0.25, 0.3) is 0 Å². The van der Waals surface area contributed by atoms with Crippen molar-refractivity contribution in [3.05, 3.63) is 0 Å². The van der Waals surface area contributed by atoms with Gasteiger partial charge in [-0.2, -0.15) is 0 Å². The molecule has 0 amide bonds. The van der Waals surface area contributed by atoms with Crippen LogP contribution in [-0.2, 0) is 9.53 Å². The van der Waals surface area contributed by atoms with E-state index in [-0.39, 0.29) is 5.97 Å². The van der Waals surface area contributed by atoms with Crippen LogP contribution in [0.15, 0.2) is 0 Å². The minimum atomic E-state index is -0.116. The summed E-state index contributed by atoms with van der Waals surface area (Å²) < 4.78 is 5.17. The molecule has 0 aromatic rings. The van der Waals surface area contributed by atoms with Gasteiger partial charge in [0, 0.05) is 12.6 Å². The maximum atomic E-state index is 11.6. The Morgan fingerprint density at radius 1 is 1.33 bits per heavy atom. The van der Waals surface area contributed by atoms with Crippen molar-refractivity contribution in [1.82, 2.24) is 4.90 Å². The highest BCUT2D eigenvalue weighted by molar-refractivity contribution is 5.71. The van der Waals surface area contributed by atoms with Crippen LogP contribution in [0, 0.1) is 5.92 Å².